The van der Waals surface area contributed by atoms with Gasteiger partial charge in [-0.05, 0) is 71.8 Å². The van der Waals surface area contributed by atoms with Crippen LogP contribution in [0, 0.1) is 17.2 Å². The maximum absolute atomic E-state index is 9.23. The van der Waals surface area contributed by atoms with Crippen LogP contribution in [0.1, 0.15) is 38.5 Å². The van der Waals surface area contributed by atoms with Gasteiger partial charge in [0.15, 0.2) is 0 Å². The summed E-state index contributed by atoms with van der Waals surface area (Å²) >= 11 is 0. The Morgan fingerprint density at radius 2 is 2.00 bits per heavy atom. The summed E-state index contributed by atoms with van der Waals surface area (Å²) in [6.45, 7) is 3.50. The van der Waals surface area contributed by atoms with E-state index in [2.05, 4.69) is 30.0 Å². The number of nitrogens with zero attached hydrogens (tertiary/aromatic N) is 3. The Hall–Kier alpha value is -0.630. The first-order valence-electron chi connectivity index (χ1n) is 7.64. The van der Waals surface area contributed by atoms with E-state index in [1.54, 1.807) is 0 Å². The van der Waals surface area contributed by atoms with Gasteiger partial charge in [0.25, 0.3) is 0 Å². The van der Waals surface area contributed by atoms with E-state index in [9.17, 15) is 5.26 Å². The summed E-state index contributed by atoms with van der Waals surface area (Å²) in [6, 6.07) is 3.10. The average molecular weight is 264 g/mol. The molecular weight excluding hydrogens is 236 g/mol. The molecule has 2 fully saturated rings. The molecule has 19 heavy (non-hydrogen) atoms. The number of nitriles is 1. The third-order valence-electron chi connectivity index (χ3n) is 5.16. The van der Waals surface area contributed by atoms with Gasteiger partial charge < -0.3 is 15.5 Å². The highest BCUT2D eigenvalue weighted by molar-refractivity contribution is 5.12. The van der Waals surface area contributed by atoms with Crippen LogP contribution >= 0.6 is 0 Å². The standard InChI is InChI=1S/C15H28N4/c1-18(2)14-6-10-19(11-7-14)9-5-13-4-3-8-15(13,17)12-16/h13-14H,3-11,17H2,1-2H3. The Labute approximate surface area is 117 Å². The van der Waals surface area contributed by atoms with Gasteiger partial charge in [0, 0.05) is 6.04 Å². The molecule has 0 aromatic heterocycles. The average Bonchev–Trinajstić information content (AvgIpc) is 2.79. The summed E-state index contributed by atoms with van der Waals surface area (Å²) in [4.78, 5) is 4.89. The zero-order valence-electron chi connectivity index (χ0n) is 12.4. The quantitative estimate of drug-likeness (QED) is 0.834. The molecule has 1 saturated heterocycles. The molecule has 0 aromatic rings. The van der Waals surface area contributed by atoms with Gasteiger partial charge in [-0.1, -0.05) is 6.42 Å². The topological polar surface area (TPSA) is 56.3 Å². The fourth-order valence-electron chi connectivity index (χ4n) is 3.65. The maximum atomic E-state index is 9.23. The van der Waals surface area contributed by atoms with E-state index in [1.807, 2.05) is 0 Å². The molecule has 2 atom stereocenters. The lowest BCUT2D eigenvalue weighted by atomic mass is 9.87. The van der Waals surface area contributed by atoms with E-state index in [4.69, 9.17) is 5.73 Å². The Morgan fingerprint density at radius 3 is 2.58 bits per heavy atom. The monoisotopic (exact) mass is 264 g/mol. The molecule has 1 aliphatic carbocycles. The summed E-state index contributed by atoms with van der Waals surface area (Å²) in [7, 11) is 4.35. The minimum Gasteiger partial charge on any atom is -0.313 e. The minimum absolute atomic E-state index is 0.407. The van der Waals surface area contributed by atoms with Crippen molar-refractivity contribution in [2.75, 3.05) is 33.7 Å². The van der Waals surface area contributed by atoms with Crippen molar-refractivity contribution in [2.24, 2.45) is 11.7 Å². The number of nitrogens with two attached hydrogens (primary N) is 1. The summed E-state index contributed by atoms with van der Waals surface area (Å²) in [5.74, 6) is 0.407. The van der Waals surface area contributed by atoms with Crippen LogP contribution in [0.4, 0.5) is 0 Å². The summed E-state index contributed by atoms with van der Waals surface area (Å²) in [5.41, 5.74) is 5.65. The van der Waals surface area contributed by atoms with Crippen LogP contribution in [0.5, 0.6) is 0 Å². The maximum Gasteiger partial charge on any atom is 0.107 e. The number of rotatable bonds is 4. The highest BCUT2D eigenvalue weighted by Crippen LogP contribution is 2.35. The molecular formula is C15H28N4. The second-order valence-corrected chi connectivity index (χ2v) is 6.57. The van der Waals surface area contributed by atoms with Crippen molar-refractivity contribution in [1.29, 1.82) is 5.26 Å². The third kappa shape index (κ3) is 3.47. The SMILES string of the molecule is CN(C)C1CCN(CCC2CCCC2(N)C#N)CC1. The van der Waals surface area contributed by atoms with E-state index in [0.717, 1.165) is 38.3 Å². The van der Waals surface area contributed by atoms with Gasteiger partial charge in [0.05, 0.1) is 6.07 Å². The van der Waals surface area contributed by atoms with E-state index >= 15 is 0 Å². The van der Waals surface area contributed by atoms with Gasteiger partial charge in [-0.25, -0.2) is 0 Å². The zero-order valence-corrected chi connectivity index (χ0v) is 12.4. The smallest absolute Gasteiger partial charge is 0.107 e. The molecule has 4 nitrogen and oxygen atoms in total. The van der Waals surface area contributed by atoms with E-state index in [1.165, 1.54) is 25.9 Å². The van der Waals surface area contributed by atoms with Gasteiger partial charge in [-0.15, -0.1) is 0 Å². The second-order valence-electron chi connectivity index (χ2n) is 6.57. The van der Waals surface area contributed by atoms with Crippen molar-refractivity contribution in [3.05, 3.63) is 0 Å². The van der Waals surface area contributed by atoms with Gasteiger partial charge >= 0.3 is 0 Å². The van der Waals surface area contributed by atoms with Crippen LogP contribution in [-0.2, 0) is 0 Å². The molecule has 2 N–H and O–H groups in total. The molecule has 2 unspecified atom stereocenters. The van der Waals surface area contributed by atoms with E-state index < -0.39 is 5.54 Å². The predicted molar refractivity (Wildman–Crippen MR) is 77.6 cm³/mol. The van der Waals surface area contributed by atoms with Crippen LogP contribution in [0.3, 0.4) is 0 Å². The fourth-order valence-corrected chi connectivity index (χ4v) is 3.65. The molecule has 0 bridgehead atoms. The largest absolute Gasteiger partial charge is 0.313 e. The molecule has 1 aliphatic heterocycles. The normalized spacial score (nSPS) is 33.7. The molecule has 0 radical (unpaired) electrons. The van der Waals surface area contributed by atoms with Crippen LogP contribution < -0.4 is 5.73 Å². The summed E-state index contributed by atoms with van der Waals surface area (Å²) < 4.78 is 0. The predicted octanol–water partition coefficient (Wildman–Crippen LogP) is 1.42. The first-order valence-corrected chi connectivity index (χ1v) is 7.64. The number of likely N-dealkylation sites (tertiary alicyclic amines) is 1. The molecule has 1 heterocycles. The molecule has 0 spiro atoms. The first kappa shape index (κ1) is 14.8. The van der Waals surface area contributed by atoms with Gasteiger partial charge in [0.2, 0.25) is 0 Å². The van der Waals surface area contributed by atoms with Gasteiger partial charge in [-0.2, -0.15) is 5.26 Å². The zero-order chi connectivity index (χ0) is 13.9. The van der Waals surface area contributed by atoms with Gasteiger partial charge in [0.1, 0.15) is 5.54 Å². The van der Waals surface area contributed by atoms with Crippen LogP contribution in [0.25, 0.3) is 0 Å². The van der Waals surface area contributed by atoms with Crippen LogP contribution in [-0.4, -0.2) is 55.1 Å². The molecule has 1 saturated carbocycles. The first-order chi connectivity index (χ1) is 9.05. The molecule has 108 valence electrons. The van der Waals surface area contributed by atoms with Crippen molar-refractivity contribution in [1.82, 2.24) is 9.80 Å². The van der Waals surface area contributed by atoms with Gasteiger partial charge in [-0.3, -0.25) is 0 Å². The molecule has 0 aromatic carbocycles. The minimum atomic E-state index is -0.540. The molecule has 0 amide bonds. The molecule has 4 heteroatoms. The van der Waals surface area contributed by atoms with Crippen LogP contribution in [0.2, 0.25) is 0 Å². The van der Waals surface area contributed by atoms with Crippen molar-refractivity contribution < 1.29 is 0 Å². The second kappa shape index (κ2) is 6.21. The lowest BCUT2D eigenvalue weighted by molar-refractivity contribution is 0.136. The summed E-state index contributed by atoms with van der Waals surface area (Å²) in [5, 5.41) is 9.23. The Kier molecular flexibility index (Phi) is 4.83. The number of hydrogen-bond acceptors (Lipinski definition) is 4. The highest BCUT2D eigenvalue weighted by atomic mass is 15.2. The van der Waals surface area contributed by atoms with E-state index in [-0.39, 0.29) is 0 Å². The highest BCUT2D eigenvalue weighted by Gasteiger charge is 2.39. The molecule has 2 aliphatic rings. The van der Waals surface area contributed by atoms with Crippen molar-refractivity contribution in [3.63, 3.8) is 0 Å². The third-order valence-corrected chi connectivity index (χ3v) is 5.16. The number of hydrogen-bond donors (Lipinski definition) is 1. The lowest BCUT2D eigenvalue weighted by Gasteiger charge is -2.36. The Balaban J connectivity index is 1.74. The van der Waals surface area contributed by atoms with Crippen molar-refractivity contribution >= 4 is 0 Å². The fraction of sp³-hybridized carbons (Fsp3) is 0.933. The van der Waals surface area contributed by atoms with Crippen molar-refractivity contribution in [3.8, 4) is 6.07 Å². The summed E-state index contributed by atoms with van der Waals surface area (Å²) in [6.07, 6.45) is 6.77. The number of piperidine rings is 1. The Morgan fingerprint density at radius 1 is 1.32 bits per heavy atom. The van der Waals surface area contributed by atoms with Crippen LogP contribution in [0.15, 0.2) is 0 Å². The van der Waals surface area contributed by atoms with E-state index in [0.29, 0.717) is 5.92 Å². The molecule has 2 rings (SSSR count). The lowest BCUT2D eigenvalue weighted by Crippen LogP contribution is -2.45. The Bertz CT molecular complexity index is 328. The van der Waals surface area contributed by atoms with Crippen molar-refractivity contribution in [2.45, 2.75) is 50.1 Å².